The zero-order chi connectivity index (χ0) is 21.3. The van der Waals surface area contributed by atoms with Crippen molar-refractivity contribution in [1.82, 2.24) is 14.9 Å². The molecule has 1 amide bonds. The van der Waals surface area contributed by atoms with Gasteiger partial charge in [-0.3, -0.25) is 14.2 Å². The third-order valence-electron chi connectivity index (χ3n) is 5.30. The molecule has 5 nitrogen and oxygen atoms in total. The van der Waals surface area contributed by atoms with Crippen LogP contribution in [0.5, 0.6) is 0 Å². The second-order valence-electron chi connectivity index (χ2n) is 7.51. The monoisotopic (exact) mass is 417 g/mol. The highest BCUT2D eigenvalue weighted by molar-refractivity contribution is 7.21. The molecule has 0 fully saturated rings. The Kier molecular flexibility index (Phi) is 5.50. The van der Waals surface area contributed by atoms with Gasteiger partial charge >= 0.3 is 0 Å². The second kappa shape index (κ2) is 8.24. The average Bonchev–Trinajstić information content (AvgIpc) is 3.18. The summed E-state index contributed by atoms with van der Waals surface area (Å²) in [6.45, 7) is 5.99. The Morgan fingerprint density at radius 1 is 1.10 bits per heavy atom. The number of carbonyl (C=O) groups excluding carboxylic acids is 1. The lowest BCUT2D eigenvalue weighted by atomic mass is 10.0. The molecule has 0 aliphatic heterocycles. The van der Waals surface area contributed by atoms with Gasteiger partial charge in [-0.2, -0.15) is 0 Å². The van der Waals surface area contributed by atoms with Crippen LogP contribution >= 0.6 is 11.3 Å². The van der Waals surface area contributed by atoms with Gasteiger partial charge in [0.05, 0.1) is 17.8 Å². The first kappa shape index (κ1) is 20.0. The molecule has 2 heterocycles. The summed E-state index contributed by atoms with van der Waals surface area (Å²) in [4.78, 5) is 31.5. The molecule has 0 saturated heterocycles. The lowest BCUT2D eigenvalue weighted by Gasteiger charge is -2.16. The summed E-state index contributed by atoms with van der Waals surface area (Å²) in [6, 6.07) is 17.8. The molecule has 1 atom stereocenters. The second-order valence-corrected chi connectivity index (χ2v) is 8.54. The van der Waals surface area contributed by atoms with Crippen LogP contribution in [0.3, 0.4) is 0 Å². The van der Waals surface area contributed by atoms with Gasteiger partial charge in [0.1, 0.15) is 11.4 Å². The Hall–Kier alpha value is -3.25. The van der Waals surface area contributed by atoms with Crippen LogP contribution in [-0.2, 0) is 11.3 Å². The molecule has 4 aromatic rings. The number of aromatic nitrogens is 2. The van der Waals surface area contributed by atoms with Crippen molar-refractivity contribution >= 4 is 27.5 Å². The number of fused-ring (bicyclic) bond motifs is 1. The summed E-state index contributed by atoms with van der Waals surface area (Å²) >= 11 is 1.48. The normalized spacial score (nSPS) is 12.1. The highest BCUT2D eigenvalue weighted by atomic mass is 32.1. The average molecular weight is 418 g/mol. The van der Waals surface area contributed by atoms with Crippen LogP contribution in [0.25, 0.3) is 20.7 Å². The number of amides is 1. The van der Waals surface area contributed by atoms with Crippen molar-refractivity contribution in [3.05, 3.63) is 88.0 Å². The van der Waals surface area contributed by atoms with Gasteiger partial charge in [-0.1, -0.05) is 48.5 Å². The number of rotatable bonds is 5. The maximum atomic E-state index is 12.9. The van der Waals surface area contributed by atoms with E-state index in [-0.39, 0.29) is 24.1 Å². The lowest BCUT2D eigenvalue weighted by molar-refractivity contribution is -0.122. The zero-order valence-corrected chi connectivity index (χ0v) is 18.0. The molecule has 2 aromatic heterocycles. The van der Waals surface area contributed by atoms with Crippen molar-refractivity contribution in [1.29, 1.82) is 0 Å². The first-order valence-corrected chi connectivity index (χ1v) is 10.6. The van der Waals surface area contributed by atoms with Crippen molar-refractivity contribution in [3.63, 3.8) is 0 Å². The maximum absolute atomic E-state index is 12.9. The van der Waals surface area contributed by atoms with E-state index in [1.807, 2.05) is 49.4 Å². The lowest BCUT2D eigenvalue weighted by Crippen LogP contribution is -2.33. The van der Waals surface area contributed by atoms with Gasteiger partial charge in [0.2, 0.25) is 5.91 Å². The fourth-order valence-corrected chi connectivity index (χ4v) is 4.37. The highest BCUT2D eigenvalue weighted by Gasteiger charge is 2.14. The summed E-state index contributed by atoms with van der Waals surface area (Å²) in [5, 5.41) is 3.51. The standard InChI is InChI=1S/C24H23N3O2S/c1-15-9-10-19(11-16(15)2)17(3)26-22(28)13-27-14-25-23-20(24(27)29)12-21(30-23)18-7-5-4-6-8-18/h4-12,14,17H,13H2,1-3H3,(H,26,28)/t17-/m0/s1. The van der Waals surface area contributed by atoms with Crippen molar-refractivity contribution in [2.75, 3.05) is 0 Å². The third-order valence-corrected chi connectivity index (χ3v) is 6.39. The van der Waals surface area contributed by atoms with Crippen LogP contribution in [0.1, 0.15) is 29.7 Å². The van der Waals surface area contributed by atoms with Gasteiger partial charge in [0.15, 0.2) is 0 Å². The van der Waals surface area contributed by atoms with Crippen molar-refractivity contribution in [2.24, 2.45) is 0 Å². The number of hydrogen-bond acceptors (Lipinski definition) is 4. The molecule has 2 aromatic carbocycles. The van der Waals surface area contributed by atoms with E-state index in [0.29, 0.717) is 10.2 Å². The Morgan fingerprint density at radius 3 is 2.60 bits per heavy atom. The van der Waals surface area contributed by atoms with Gasteiger partial charge in [0.25, 0.3) is 5.56 Å². The molecule has 30 heavy (non-hydrogen) atoms. The number of nitrogens with zero attached hydrogens (tertiary/aromatic N) is 2. The van der Waals surface area contributed by atoms with Crippen molar-refractivity contribution in [3.8, 4) is 10.4 Å². The van der Waals surface area contributed by atoms with Crippen LogP contribution in [0.4, 0.5) is 0 Å². The quantitative estimate of drug-likeness (QED) is 0.515. The van der Waals surface area contributed by atoms with E-state index in [1.54, 1.807) is 0 Å². The topological polar surface area (TPSA) is 64.0 Å². The van der Waals surface area contributed by atoms with E-state index in [2.05, 4.69) is 36.3 Å². The summed E-state index contributed by atoms with van der Waals surface area (Å²) in [7, 11) is 0. The molecule has 0 saturated carbocycles. The number of aryl methyl sites for hydroxylation is 2. The molecule has 0 unspecified atom stereocenters. The Bertz CT molecular complexity index is 1270. The van der Waals surface area contributed by atoms with E-state index in [9.17, 15) is 9.59 Å². The van der Waals surface area contributed by atoms with Gasteiger partial charge in [-0.05, 0) is 49.1 Å². The first-order valence-electron chi connectivity index (χ1n) is 9.83. The number of nitrogens with one attached hydrogen (secondary N) is 1. The third kappa shape index (κ3) is 4.04. The van der Waals surface area contributed by atoms with Crippen molar-refractivity contribution < 1.29 is 4.79 Å². The van der Waals surface area contributed by atoms with E-state index in [4.69, 9.17) is 0 Å². The minimum absolute atomic E-state index is 0.0620. The van der Waals surface area contributed by atoms with Crippen LogP contribution in [-0.4, -0.2) is 15.5 Å². The van der Waals surface area contributed by atoms with Crippen LogP contribution in [0.15, 0.2) is 65.7 Å². The molecular formula is C24H23N3O2S. The van der Waals surface area contributed by atoms with Crippen LogP contribution < -0.4 is 10.9 Å². The summed E-state index contributed by atoms with van der Waals surface area (Å²) in [5.74, 6) is -0.220. The molecule has 0 spiro atoms. The summed E-state index contributed by atoms with van der Waals surface area (Å²) < 4.78 is 1.37. The zero-order valence-electron chi connectivity index (χ0n) is 17.2. The van der Waals surface area contributed by atoms with E-state index < -0.39 is 0 Å². The van der Waals surface area contributed by atoms with E-state index in [0.717, 1.165) is 16.0 Å². The molecule has 0 bridgehead atoms. The van der Waals surface area contributed by atoms with E-state index >= 15 is 0 Å². The van der Waals surface area contributed by atoms with Crippen LogP contribution in [0.2, 0.25) is 0 Å². The molecule has 6 heteroatoms. The Balaban J connectivity index is 1.53. The van der Waals surface area contributed by atoms with Gasteiger partial charge in [0, 0.05) is 4.88 Å². The molecule has 0 aliphatic carbocycles. The molecule has 152 valence electrons. The first-order chi connectivity index (χ1) is 14.4. The van der Waals surface area contributed by atoms with Gasteiger partial charge in [-0.25, -0.2) is 4.98 Å². The van der Waals surface area contributed by atoms with Crippen LogP contribution in [0, 0.1) is 13.8 Å². The minimum atomic E-state index is -0.220. The van der Waals surface area contributed by atoms with E-state index in [1.165, 1.54) is 33.4 Å². The fraction of sp³-hybridized carbons (Fsp3) is 0.208. The number of benzene rings is 2. The maximum Gasteiger partial charge on any atom is 0.262 e. The number of carbonyl (C=O) groups is 1. The minimum Gasteiger partial charge on any atom is -0.348 e. The number of hydrogen-bond donors (Lipinski definition) is 1. The van der Waals surface area contributed by atoms with Gasteiger partial charge < -0.3 is 5.32 Å². The molecule has 0 aliphatic rings. The Morgan fingerprint density at radius 2 is 1.87 bits per heavy atom. The predicted octanol–water partition coefficient (Wildman–Crippen LogP) is 4.62. The van der Waals surface area contributed by atoms with Crippen molar-refractivity contribution in [2.45, 2.75) is 33.4 Å². The summed E-state index contributed by atoms with van der Waals surface area (Å²) in [5.41, 5.74) is 4.29. The predicted molar refractivity (Wildman–Crippen MR) is 122 cm³/mol. The molecular weight excluding hydrogens is 394 g/mol. The van der Waals surface area contributed by atoms with Gasteiger partial charge in [-0.15, -0.1) is 11.3 Å². The molecule has 4 rings (SSSR count). The highest BCUT2D eigenvalue weighted by Crippen LogP contribution is 2.30. The fourth-order valence-electron chi connectivity index (χ4n) is 3.38. The smallest absolute Gasteiger partial charge is 0.262 e. The molecule has 0 radical (unpaired) electrons. The Labute approximate surface area is 179 Å². The summed E-state index contributed by atoms with van der Waals surface area (Å²) in [6.07, 6.45) is 1.45. The number of thiophene rings is 1. The largest absolute Gasteiger partial charge is 0.348 e. The molecule has 1 N–H and O–H groups in total. The SMILES string of the molecule is Cc1ccc([C@H](C)NC(=O)Cn2cnc3sc(-c4ccccc4)cc3c2=O)cc1C.